The molecule has 2 bridgehead atoms. The first-order valence-electron chi connectivity index (χ1n) is 14.4. The van der Waals surface area contributed by atoms with Crippen LogP contribution in [0.3, 0.4) is 0 Å². The third kappa shape index (κ3) is 4.60. The number of anilines is 1. The molecule has 42 heavy (non-hydrogen) atoms. The molecule has 5 saturated heterocycles. The van der Waals surface area contributed by atoms with Crippen molar-refractivity contribution < 1.29 is 33.2 Å². The number of phenolic OH excluding ortho intramolecular Hbond substituents is 1. The SMILES string of the molecule is [2H][C@]1(F)CN2CCC[C@@]2(COc2nc(N3CC4CCC3CN4)c3cnc(-c4cc(O)cc(Cl)c4C(F)(F)F)c(F)c3n2)C1. The van der Waals surface area contributed by atoms with Crippen molar-refractivity contribution in [3.63, 3.8) is 0 Å². The molecule has 4 atom stereocenters. The van der Waals surface area contributed by atoms with Crippen molar-refractivity contribution in [3.05, 3.63) is 34.7 Å². The summed E-state index contributed by atoms with van der Waals surface area (Å²) in [5.74, 6) is -1.41. The summed E-state index contributed by atoms with van der Waals surface area (Å²) in [5, 5.41) is 12.9. The van der Waals surface area contributed by atoms with E-state index in [1.54, 1.807) is 0 Å². The van der Waals surface area contributed by atoms with Crippen LogP contribution in [-0.2, 0) is 6.18 Å². The van der Waals surface area contributed by atoms with Gasteiger partial charge in [-0.2, -0.15) is 23.1 Å². The first-order valence-corrected chi connectivity index (χ1v) is 14.2. The maximum absolute atomic E-state index is 16.3. The molecule has 1 aromatic carbocycles. The number of halogens is 6. The molecule has 5 aliphatic rings. The number of ether oxygens (including phenoxy) is 1. The molecule has 14 heteroatoms. The monoisotopic (exact) mass is 611 g/mol. The lowest BCUT2D eigenvalue weighted by atomic mass is 9.93. The Bertz CT molecular complexity index is 1600. The van der Waals surface area contributed by atoms with Crippen molar-refractivity contribution in [3.8, 4) is 23.0 Å². The Morgan fingerprint density at radius 3 is 2.79 bits per heavy atom. The number of hydrogen-bond donors (Lipinski definition) is 2. The summed E-state index contributed by atoms with van der Waals surface area (Å²) in [6, 6.07) is 1.50. The van der Waals surface area contributed by atoms with Crippen LogP contribution in [-0.4, -0.2) is 81.5 Å². The summed E-state index contributed by atoms with van der Waals surface area (Å²) in [6.45, 7) is 1.80. The molecule has 0 aliphatic carbocycles. The number of nitrogens with one attached hydrogen (secondary N) is 1. The van der Waals surface area contributed by atoms with Crippen LogP contribution in [0.2, 0.25) is 5.02 Å². The molecule has 0 amide bonds. The highest BCUT2D eigenvalue weighted by Crippen LogP contribution is 2.45. The van der Waals surface area contributed by atoms with Crippen molar-refractivity contribution in [1.29, 1.82) is 0 Å². The van der Waals surface area contributed by atoms with E-state index < -0.39 is 51.3 Å². The van der Waals surface area contributed by atoms with Gasteiger partial charge in [-0.3, -0.25) is 9.88 Å². The molecule has 8 rings (SSSR count). The Labute approximate surface area is 244 Å². The molecule has 5 aliphatic heterocycles. The number of benzene rings is 1. The zero-order chi connectivity index (χ0) is 30.3. The van der Waals surface area contributed by atoms with Crippen LogP contribution >= 0.6 is 11.6 Å². The molecule has 3 aromatic rings. The molecular weight excluding hydrogens is 583 g/mol. The second kappa shape index (κ2) is 10.0. The molecular formula is C28H28ClF5N6O2. The number of aromatic hydroxyl groups is 1. The van der Waals surface area contributed by atoms with Crippen LogP contribution in [0.5, 0.6) is 11.8 Å². The molecule has 5 fully saturated rings. The number of piperidine rings is 2. The summed E-state index contributed by atoms with van der Waals surface area (Å²) in [7, 11) is 0. The Morgan fingerprint density at radius 2 is 2.07 bits per heavy atom. The van der Waals surface area contributed by atoms with E-state index >= 15 is 4.39 Å². The van der Waals surface area contributed by atoms with Gasteiger partial charge in [0.1, 0.15) is 35.5 Å². The number of piperazine rings is 1. The van der Waals surface area contributed by atoms with E-state index in [0.29, 0.717) is 31.9 Å². The van der Waals surface area contributed by atoms with Gasteiger partial charge in [0.25, 0.3) is 0 Å². The lowest BCUT2D eigenvalue weighted by Gasteiger charge is -2.46. The molecule has 2 N–H and O–H groups in total. The van der Waals surface area contributed by atoms with Crippen LogP contribution in [0.4, 0.5) is 27.8 Å². The van der Waals surface area contributed by atoms with E-state index in [-0.39, 0.29) is 48.6 Å². The van der Waals surface area contributed by atoms with E-state index in [1.807, 2.05) is 9.80 Å². The molecule has 0 radical (unpaired) electrons. The number of aromatic nitrogens is 3. The lowest BCUT2D eigenvalue weighted by molar-refractivity contribution is -0.137. The van der Waals surface area contributed by atoms with Gasteiger partial charge in [0.05, 0.1) is 22.9 Å². The molecule has 7 heterocycles. The predicted octanol–water partition coefficient (Wildman–Crippen LogP) is 5.10. The minimum atomic E-state index is -4.97. The van der Waals surface area contributed by atoms with E-state index in [2.05, 4.69) is 20.3 Å². The van der Waals surface area contributed by atoms with Crippen LogP contribution in [0, 0.1) is 5.82 Å². The van der Waals surface area contributed by atoms with Crippen LogP contribution in [0.25, 0.3) is 22.2 Å². The normalized spacial score (nSPS) is 29.8. The summed E-state index contributed by atoms with van der Waals surface area (Å²) >= 11 is 5.86. The van der Waals surface area contributed by atoms with E-state index in [1.165, 1.54) is 6.20 Å². The summed E-state index contributed by atoms with van der Waals surface area (Å²) in [5.41, 5.74) is -3.80. The van der Waals surface area contributed by atoms with Gasteiger partial charge >= 0.3 is 12.2 Å². The fourth-order valence-electron chi connectivity index (χ4n) is 7.00. The number of rotatable bonds is 5. The molecule has 2 aromatic heterocycles. The van der Waals surface area contributed by atoms with Gasteiger partial charge < -0.3 is 20.1 Å². The highest BCUT2D eigenvalue weighted by molar-refractivity contribution is 6.32. The van der Waals surface area contributed by atoms with Gasteiger partial charge in [-0.1, -0.05) is 11.6 Å². The van der Waals surface area contributed by atoms with Crippen molar-refractivity contribution >= 4 is 28.3 Å². The lowest BCUT2D eigenvalue weighted by Crippen LogP contribution is -2.61. The zero-order valence-corrected chi connectivity index (χ0v) is 23.1. The fraction of sp³-hybridized carbons (Fsp3) is 0.536. The number of fused-ring (bicyclic) bond motifs is 5. The number of alkyl halides is 4. The third-order valence-electron chi connectivity index (χ3n) is 8.97. The Hall–Kier alpha value is -3.03. The molecule has 224 valence electrons. The first-order chi connectivity index (χ1) is 20.3. The fourth-order valence-corrected chi connectivity index (χ4v) is 7.32. The number of hydrogen-bond acceptors (Lipinski definition) is 8. The molecule has 2 unspecified atom stereocenters. The minimum Gasteiger partial charge on any atom is -0.508 e. The topological polar surface area (TPSA) is 86.6 Å². The number of nitrogens with zero attached hydrogens (tertiary/aromatic N) is 5. The Kier molecular flexibility index (Phi) is 6.34. The quantitative estimate of drug-likeness (QED) is 0.386. The Balaban J connectivity index is 1.35. The maximum atomic E-state index is 16.3. The largest absolute Gasteiger partial charge is 0.508 e. The van der Waals surface area contributed by atoms with Crippen LogP contribution in [0.15, 0.2) is 18.3 Å². The number of phenols is 1. The van der Waals surface area contributed by atoms with Crippen molar-refractivity contribution in [2.75, 3.05) is 37.7 Å². The Morgan fingerprint density at radius 1 is 1.24 bits per heavy atom. The van der Waals surface area contributed by atoms with Gasteiger partial charge in [0, 0.05) is 49.9 Å². The minimum absolute atomic E-state index is 0.0317. The highest BCUT2D eigenvalue weighted by Gasteiger charge is 2.49. The van der Waals surface area contributed by atoms with Crippen LogP contribution in [0.1, 0.15) is 39.0 Å². The summed E-state index contributed by atoms with van der Waals surface area (Å²) in [6.07, 6.45) is -2.67. The van der Waals surface area contributed by atoms with E-state index in [0.717, 1.165) is 31.4 Å². The maximum Gasteiger partial charge on any atom is 0.418 e. The highest BCUT2D eigenvalue weighted by atomic mass is 35.5. The third-order valence-corrected chi connectivity index (χ3v) is 9.27. The molecule has 0 saturated carbocycles. The second-order valence-electron chi connectivity index (χ2n) is 11.6. The van der Waals surface area contributed by atoms with Gasteiger partial charge in [0.2, 0.25) is 0 Å². The van der Waals surface area contributed by atoms with Gasteiger partial charge in [-0.05, 0) is 44.4 Å². The van der Waals surface area contributed by atoms with Crippen LogP contribution < -0.4 is 15.0 Å². The zero-order valence-electron chi connectivity index (χ0n) is 23.3. The summed E-state index contributed by atoms with van der Waals surface area (Å²) < 4.78 is 87.1. The second-order valence-corrected chi connectivity index (χ2v) is 12.0. The summed E-state index contributed by atoms with van der Waals surface area (Å²) in [4.78, 5) is 16.9. The smallest absolute Gasteiger partial charge is 0.418 e. The average molecular weight is 612 g/mol. The first kappa shape index (κ1) is 26.6. The average Bonchev–Trinajstić information content (AvgIpc) is 3.43. The number of pyridine rings is 1. The molecule has 8 nitrogen and oxygen atoms in total. The van der Waals surface area contributed by atoms with Gasteiger partial charge in [0.15, 0.2) is 5.82 Å². The van der Waals surface area contributed by atoms with E-state index in [9.17, 15) is 22.7 Å². The molecule has 0 spiro atoms. The van der Waals surface area contributed by atoms with Crippen molar-refractivity contribution in [1.82, 2.24) is 25.2 Å². The van der Waals surface area contributed by atoms with Gasteiger partial charge in [-0.25, -0.2) is 8.78 Å². The predicted molar refractivity (Wildman–Crippen MR) is 145 cm³/mol. The van der Waals surface area contributed by atoms with E-state index in [4.69, 9.17) is 17.7 Å². The van der Waals surface area contributed by atoms with Gasteiger partial charge in [-0.15, -0.1) is 0 Å². The standard InChI is InChI=1S/C28H28ClF5N6O2/c29-20-7-17(41)6-18(21(20)28(32,33)34)23-22(31)24-19(10-36-23)25(40-12-15-2-3-16(40)9-35-15)38-26(37-24)42-13-27-4-1-5-39(27)11-14(30)8-27/h6-7,10,14-16,35,41H,1-5,8-9,11-13H2/t14-,15?,16?,27+/m1/s1/i14D. The van der Waals surface area contributed by atoms with Crippen molar-refractivity contribution in [2.24, 2.45) is 0 Å². The van der Waals surface area contributed by atoms with Crippen molar-refractivity contribution in [2.45, 2.75) is 62.1 Å².